The van der Waals surface area contributed by atoms with Gasteiger partial charge in [0.1, 0.15) is 5.75 Å². The Bertz CT molecular complexity index is 854. The van der Waals surface area contributed by atoms with Crippen LogP contribution in [-0.4, -0.2) is 47.2 Å². The van der Waals surface area contributed by atoms with Gasteiger partial charge in [0, 0.05) is 19.7 Å². The Labute approximate surface area is 172 Å². The third-order valence-corrected chi connectivity index (χ3v) is 5.70. The second kappa shape index (κ2) is 11.5. The van der Waals surface area contributed by atoms with Crippen LogP contribution in [0.25, 0.3) is 0 Å². The van der Waals surface area contributed by atoms with Crippen molar-refractivity contribution < 1.29 is 22.7 Å². The molecule has 1 amide bonds. The zero-order valence-corrected chi connectivity index (χ0v) is 17.6. The van der Waals surface area contributed by atoms with Gasteiger partial charge in [-0.15, -0.1) is 0 Å². The molecule has 158 valence electrons. The molecule has 0 unspecified atom stereocenters. The average Bonchev–Trinajstić information content (AvgIpc) is 2.72. The fraction of sp³-hybridized carbons (Fsp3) is 0.381. The van der Waals surface area contributed by atoms with E-state index in [2.05, 4.69) is 22.2 Å². The first-order chi connectivity index (χ1) is 13.9. The zero-order chi connectivity index (χ0) is 21.1. The first-order valence-electron chi connectivity index (χ1n) is 9.45. The van der Waals surface area contributed by atoms with Crippen LogP contribution in [0.2, 0.25) is 0 Å². The number of hydrogen-bond acceptors (Lipinski definition) is 5. The van der Waals surface area contributed by atoms with Gasteiger partial charge < -0.3 is 14.8 Å². The van der Waals surface area contributed by atoms with E-state index in [1.54, 1.807) is 0 Å². The first kappa shape index (κ1) is 22.9. The van der Waals surface area contributed by atoms with Crippen molar-refractivity contribution in [2.24, 2.45) is 0 Å². The summed E-state index contributed by atoms with van der Waals surface area (Å²) in [5.41, 5.74) is 1.23. The molecule has 2 N–H and O–H groups in total. The second-order valence-electron chi connectivity index (χ2n) is 6.64. The van der Waals surface area contributed by atoms with E-state index in [1.165, 1.54) is 36.9 Å². The number of methoxy groups -OCH3 is 1. The van der Waals surface area contributed by atoms with Crippen LogP contribution in [0.1, 0.15) is 18.9 Å². The van der Waals surface area contributed by atoms with Crippen molar-refractivity contribution in [3.05, 3.63) is 60.2 Å². The number of carbonyl (C=O) groups is 1. The van der Waals surface area contributed by atoms with Crippen molar-refractivity contribution in [1.29, 1.82) is 0 Å². The summed E-state index contributed by atoms with van der Waals surface area (Å²) in [5.74, 6) is 0.205. The number of carbonyl (C=O) groups excluding carboxylic acids is 1. The fourth-order valence-electron chi connectivity index (χ4n) is 2.64. The molecule has 29 heavy (non-hydrogen) atoms. The number of aryl methyl sites for hydroxylation is 1. The standard InChI is InChI=1S/C21H28N2O5S/c1-17(8-9-18-6-4-3-5-7-18)23-21(24)16-28-19-10-12-20(13-11-19)29(25,26)22-14-15-27-2/h3-7,10-13,17,22H,8-9,14-16H2,1-2H3,(H,23,24)/t17-/m1/s1. The van der Waals surface area contributed by atoms with Crippen LogP contribution in [0.5, 0.6) is 5.75 Å². The minimum Gasteiger partial charge on any atom is -0.484 e. The van der Waals surface area contributed by atoms with Gasteiger partial charge in [-0.3, -0.25) is 4.79 Å². The molecule has 0 spiro atoms. The summed E-state index contributed by atoms with van der Waals surface area (Å²) in [5, 5.41) is 2.90. The van der Waals surface area contributed by atoms with E-state index >= 15 is 0 Å². The molecule has 2 rings (SSSR count). The van der Waals surface area contributed by atoms with Gasteiger partial charge in [0.25, 0.3) is 5.91 Å². The van der Waals surface area contributed by atoms with Crippen molar-refractivity contribution in [2.45, 2.75) is 30.7 Å². The van der Waals surface area contributed by atoms with Crippen molar-refractivity contribution in [1.82, 2.24) is 10.0 Å². The number of amides is 1. The summed E-state index contributed by atoms with van der Waals surface area (Å²) in [7, 11) is -2.09. The van der Waals surface area contributed by atoms with E-state index in [4.69, 9.17) is 9.47 Å². The summed E-state index contributed by atoms with van der Waals surface area (Å²) in [6.45, 7) is 2.31. The van der Waals surface area contributed by atoms with Crippen LogP contribution in [0, 0.1) is 0 Å². The number of benzene rings is 2. The van der Waals surface area contributed by atoms with Gasteiger partial charge in [-0.1, -0.05) is 30.3 Å². The Kier molecular flexibility index (Phi) is 9.11. The Balaban J connectivity index is 1.75. The highest BCUT2D eigenvalue weighted by Gasteiger charge is 2.13. The van der Waals surface area contributed by atoms with Gasteiger partial charge in [0.2, 0.25) is 10.0 Å². The van der Waals surface area contributed by atoms with Gasteiger partial charge >= 0.3 is 0 Å². The lowest BCUT2D eigenvalue weighted by Crippen LogP contribution is -2.36. The van der Waals surface area contributed by atoms with Crippen LogP contribution < -0.4 is 14.8 Å². The molecule has 0 fully saturated rings. The lowest BCUT2D eigenvalue weighted by molar-refractivity contribution is -0.123. The molecule has 2 aromatic rings. The predicted molar refractivity (Wildman–Crippen MR) is 111 cm³/mol. The maximum Gasteiger partial charge on any atom is 0.258 e. The predicted octanol–water partition coefficient (Wildman–Crippen LogP) is 2.13. The Morgan fingerprint density at radius 1 is 1.07 bits per heavy atom. The van der Waals surface area contributed by atoms with E-state index < -0.39 is 10.0 Å². The molecule has 0 saturated heterocycles. The number of ether oxygens (including phenoxy) is 2. The van der Waals surface area contributed by atoms with Crippen LogP contribution in [0.15, 0.2) is 59.5 Å². The Morgan fingerprint density at radius 2 is 1.76 bits per heavy atom. The van der Waals surface area contributed by atoms with E-state index in [-0.39, 0.29) is 30.0 Å². The molecular formula is C21H28N2O5S. The number of rotatable bonds is 12. The molecule has 0 aliphatic rings. The molecule has 0 aliphatic heterocycles. The molecule has 2 aromatic carbocycles. The second-order valence-corrected chi connectivity index (χ2v) is 8.41. The third kappa shape index (κ3) is 8.23. The first-order valence-corrected chi connectivity index (χ1v) is 10.9. The maximum absolute atomic E-state index is 12.1. The Hall–Kier alpha value is -2.42. The van der Waals surface area contributed by atoms with Crippen molar-refractivity contribution >= 4 is 15.9 Å². The van der Waals surface area contributed by atoms with Gasteiger partial charge in [0.15, 0.2) is 6.61 Å². The quantitative estimate of drug-likeness (QED) is 0.513. The summed E-state index contributed by atoms with van der Waals surface area (Å²) in [6.07, 6.45) is 1.72. The van der Waals surface area contributed by atoms with Gasteiger partial charge in [-0.2, -0.15) is 0 Å². The molecule has 0 aromatic heterocycles. The fourth-order valence-corrected chi connectivity index (χ4v) is 3.65. The molecular weight excluding hydrogens is 392 g/mol. The molecule has 7 nitrogen and oxygen atoms in total. The highest BCUT2D eigenvalue weighted by atomic mass is 32.2. The normalized spacial score (nSPS) is 12.3. The summed E-state index contributed by atoms with van der Waals surface area (Å²) >= 11 is 0. The zero-order valence-electron chi connectivity index (χ0n) is 16.8. The maximum atomic E-state index is 12.1. The van der Waals surface area contributed by atoms with Gasteiger partial charge in [0.05, 0.1) is 11.5 Å². The molecule has 0 radical (unpaired) electrons. The highest BCUT2D eigenvalue weighted by Crippen LogP contribution is 2.15. The molecule has 1 atom stereocenters. The molecule has 0 aliphatic carbocycles. The van der Waals surface area contributed by atoms with Crippen LogP contribution in [0.4, 0.5) is 0 Å². The molecule has 0 bridgehead atoms. The van der Waals surface area contributed by atoms with Gasteiger partial charge in [-0.05, 0) is 49.6 Å². The summed E-state index contributed by atoms with van der Waals surface area (Å²) in [6, 6.07) is 16.0. The van der Waals surface area contributed by atoms with Crippen molar-refractivity contribution in [2.75, 3.05) is 26.9 Å². The van der Waals surface area contributed by atoms with Crippen molar-refractivity contribution in [3.8, 4) is 5.75 Å². The summed E-state index contributed by atoms with van der Waals surface area (Å²) in [4.78, 5) is 12.2. The van der Waals surface area contributed by atoms with Crippen LogP contribution in [-0.2, 0) is 26.0 Å². The van der Waals surface area contributed by atoms with E-state index in [0.29, 0.717) is 12.4 Å². The minimum absolute atomic E-state index is 0.0250. The van der Waals surface area contributed by atoms with E-state index in [0.717, 1.165) is 12.8 Å². The summed E-state index contributed by atoms with van der Waals surface area (Å²) < 4.78 is 36.9. The number of sulfonamides is 1. The Morgan fingerprint density at radius 3 is 2.41 bits per heavy atom. The molecule has 0 saturated carbocycles. The number of hydrogen-bond donors (Lipinski definition) is 2. The number of nitrogens with one attached hydrogen (secondary N) is 2. The molecule has 8 heteroatoms. The van der Waals surface area contributed by atoms with E-state index in [1.807, 2.05) is 25.1 Å². The van der Waals surface area contributed by atoms with Crippen LogP contribution in [0.3, 0.4) is 0 Å². The topological polar surface area (TPSA) is 93.7 Å². The highest BCUT2D eigenvalue weighted by molar-refractivity contribution is 7.89. The van der Waals surface area contributed by atoms with Crippen LogP contribution >= 0.6 is 0 Å². The smallest absolute Gasteiger partial charge is 0.258 e. The molecule has 0 heterocycles. The average molecular weight is 421 g/mol. The minimum atomic E-state index is -3.59. The largest absolute Gasteiger partial charge is 0.484 e. The lowest BCUT2D eigenvalue weighted by Gasteiger charge is -2.14. The third-order valence-electron chi connectivity index (χ3n) is 4.22. The monoisotopic (exact) mass is 420 g/mol. The van der Waals surface area contributed by atoms with Gasteiger partial charge in [-0.25, -0.2) is 13.1 Å². The SMILES string of the molecule is COCCNS(=O)(=O)c1ccc(OCC(=O)N[C@H](C)CCc2ccccc2)cc1. The van der Waals surface area contributed by atoms with E-state index in [9.17, 15) is 13.2 Å². The van der Waals surface area contributed by atoms with Crippen molar-refractivity contribution in [3.63, 3.8) is 0 Å². The lowest BCUT2D eigenvalue weighted by atomic mass is 10.1.